The molecule has 1 heterocycles. The highest BCUT2D eigenvalue weighted by Gasteiger charge is 2.09. The van der Waals surface area contributed by atoms with E-state index in [1.807, 2.05) is 55.5 Å². The second kappa shape index (κ2) is 8.27. The molecule has 0 aliphatic rings. The lowest BCUT2D eigenvalue weighted by atomic mass is 10.2. The number of hydrogen-bond donors (Lipinski definition) is 2. The molecule has 0 spiro atoms. The lowest BCUT2D eigenvalue weighted by Crippen LogP contribution is -2.03. The van der Waals surface area contributed by atoms with Crippen LogP contribution >= 0.6 is 0 Å². The summed E-state index contributed by atoms with van der Waals surface area (Å²) in [7, 11) is 4.88. The number of hydrogen-bond acceptors (Lipinski definition) is 7. The minimum Gasteiger partial charge on any atom is -0.497 e. The van der Waals surface area contributed by atoms with Gasteiger partial charge in [-0.1, -0.05) is 0 Å². The minimum absolute atomic E-state index is 0.490. The predicted octanol–water partition coefficient (Wildman–Crippen LogP) is 4.30. The van der Waals surface area contributed by atoms with E-state index >= 15 is 0 Å². The smallest absolute Gasteiger partial charge is 0.229 e. The summed E-state index contributed by atoms with van der Waals surface area (Å²) in [6.45, 7) is 1.91. The maximum Gasteiger partial charge on any atom is 0.229 e. The largest absolute Gasteiger partial charge is 0.497 e. The van der Waals surface area contributed by atoms with Gasteiger partial charge in [0.2, 0.25) is 5.95 Å². The molecule has 7 heteroatoms. The molecule has 0 aliphatic heterocycles. The van der Waals surface area contributed by atoms with Gasteiger partial charge in [0.25, 0.3) is 0 Å². The molecule has 1 aromatic heterocycles. The monoisotopic (exact) mass is 366 g/mol. The average molecular weight is 366 g/mol. The van der Waals surface area contributed by atoms with E-state index in [9.17, 15) is 0 Å². The van der Waals surface area contributed by atoms with Gasteiger partial charge in [0, 0.05) is 23.5 Å². The van der Waals surface area contributed by atoms with Gasteiger partial charge in [-0.25, -0.2) is 4.98 Å². The summed E-state index contributed by atoms with van der Waals surface area (Å²) >= 11 is 0. The van der Waals surface area contributed by atoms with Crippen LogP contribution in [0.1, 0.15) is 5.69 Å². The summed E-state index contributed by atoms with van der Waals surface area (Å²) in [6, 6.07) is 14.9. The van der Waals surface area contributed by atoms with Crippen LogP contribution in [0.2, 0.25) is 0 Å². The van der Waals surface area contributed by atoms with E-state index in [-0.39, 0.29) is 0 Å². The number of ether oxygens (including phenoxy) is 3. The van der Waals surface area contributed by atoms with Crippen molar-refractivity contribution < 1.29 is 14.2 Å². The molecule has 0 atom stereocenters. The lowest BCUT2D eigenvalue weighted by Gasteiger charge is -2.13. The molecule has 0 saturated carbocycles. The number of nitrogens with zero attached hydrogens (tertiary/aromatic N) is 2. The second-order valence-corrected chi connectivity index (χ2v) is 5.76. The lowest BCUT2D eigenvalue weighted by molar-refractivity contribution is 0.405. The first-order valence-electron chi connectivity index (χ1n) is 8.37. The summed E-state index contributed by atoms with van der Waals surface area (Å²) in [5.41, 5.74) is 2.45. The molecule has 3 aromatic rings. The number of aromatic nitrogens is 2. The Morgan fingerprint density at radius 3 is 2.11 bits per heavy atom. The van der Waals surface area contributed by atoms with Gasteiger partial charge in [0.15, 0.2) is 0 Å². The minimum atomic E-state index is 0.490. The first-order valence-corrected chi connectivity index (χ1v) is 8.37. The Kier molecular flexibility index (Phi) is 5.61. The van der Waals surface area contributed by atoms with Crippen LogP contribution in [0.3, 0.4) is 0 Å². The van der Waals surface area contributed by atoms with Crippen LogP contribution in [0.4, 0.5) is 23.1 Å². The summed E-state index contributed by atoms with van der Waals surface area (Å²) in [6.07, 6.45) is 0. The molecular formula is C20H22N4O3. The molecular weight excluding hydrogens is 344 g/mol. The summed E-state index contributed by atoms with van der Waals surface area (Å²) in [5, 5.41) is 6.47. The van der Waals surface area contributed by atoms with Gasteiger partial charge in [0.1, 0.15) is 23.1 Å². The van der Waals surface area contributed by atoms with E-state index < -0.39 is 0 Å². The topological polar surface area (TPSA) is 77.5 Å². The van der Waals surface area contributed by atoms with E-state index in [0.717, 1.165) is 28.6 Å². The maximum atomic E-state index is 5.41. The molecule has 0 amide bonds. The highest BCUT2D eigenvalue weighted by molar-refractivity contribution is 5.67. The Morgan fingerprint density at radius 1 is 0.741 bits per heavy atom. The third kappa shape index (κ3) is 4.58. The number of aryl methyl sites for hydroxylation is 1. The molecule has 2 aromatic carbocycles. The molecule has 0 fully saturated rings. The van der Waals surface area contributed by atoms with E-state index in [1.54, 1.807) is 21.3 Å². The number of benzene rings is 2. The summed E-state index contributed by atoms with van der Waals surface area (Å²) in [4.78, 5) is 8.98. The Bertz CT molecular complexity index is 914. The fourth-order valence-corrected chi connectivity index (χ4v) is 2.54. The van der Waals surface area contributed by atoms with Crippen molar-refractivity contribution in [3.05, 3.63) is 54.2 Å². The van der Waals surface area contributed by atoms with Crippen molar-refractivity contribution in [3.63, 3.8) is 0 Å². The molecule has 27 heavy (non-hydrogen) atoms. The number of nitrogens with one attached hydrogen (secondary N) is 2. The Hall–Kier alpha value is -3.48. The van der Waals surface area contributed by atoms with Crippen molar-refractivity contribution in [2.75, 3.05) is 32.0 Å². The highest BCUT2D eigenvalue weighted by atomic mass is 16.5. The number of anilines is 4. The molecule has 0 unspecified atom stereocenters. The normalized spacial score (nSPS) is 10.2. The van der Waals surface area contributed by atoms with Gasteiger partial charge in [-0.2, -0.15) is 4.98 Å². The van der Waals surface area contributed by atoms with Crippen LogP contribution in [-0.2, 0) is 0 Å². The molecule has 7 nitrogen and oxygen atoms in total. The zero-order valence-electron chi connectivity index (χ0n) is 15.7. The van der Waals surface area contributed by atoms with Gasteiger partial charge in [0.05, 0.1) is 27.0 Å². The maximum absolute atomic E-state index is 5.41. The average Bonchev–Trinajstić information content (AvgIpc) is 2.68. The zero-order chi connectivity index (χ0) is 19.2. The van der Waals surface area contributed by atoms with Crippen LogP contribution in [0.15, 0.2) is 48.5 Å². The predicted molar refractivity (Wildman–Crippen MR) is 106 cm³/mol. The van der Waals surface area contributed by atoms with Crippen molar-refractivity contribution in [1.29, 1.82) is 0 Å². The van der Waals surface area contributed by atoms with E-state index in [4.69, 9.17) is 14.2 Å². The van der Waals surface area contributed by atoms with Gasteiger partial charge in [-0.05, 0) is 43.3 Å². The number of rotatable bonds is 7. The molecule has 0 radical (unpaired) electrons. The molecule has 2 N–H and O–H groups in total. The zero-order valence-corrected chi connectivity index (χ0v) is 15.7. The second-order valence-electron chi connectivity index (χ2n) is 5.76. The van der Waals surface area contributed by atoms with Crippen molar-refractivity contribution >= 4 is 23.1 Å². The van der Waals surface area contributed by atoms with Crippen molar-refractivity contribution in [3.8, 4) is 17.2 Å². The van der Waals surface area contributed by atoms with E-state index in [0.29, 0.717) is 17.5 Å². The van der Waals surface area contributed by atoms with Gasteiger partial charge >= 0.3 is 0 Å². The van der Waals surface area contributed by atoms with Crippen LogP contribution in [-0.4, -0.2) is 31.3 Å². The standard InChI is InChI=1S/C20H22N4O3/c1-13-11-19(23-17-12-16(26-3)9-10-18(17)27-4)24-20(21-13)22-14-5-7-15(25-2)8-6-14/h5-12H,1-4H3,(H2,21,22,23,24). The Balaban J connectivity index is 1.85. The third-order valence-electron chi connectivity index (χ3n) is 3.87. The summed E-state index contributed by atoms with van der Waals surface area (Å²) in [5.74, 6) is 3.34. The first kappa shape index (κ1) is 18.3. The van der Waals surface area contributed by atoms with Gasteiger partial charge < -0.3 is 24.8 Å². The van der Waals surface area contributed by atoms with Gasteiger partial charge in [-0.3, -0.25) is 0 Å². The SMILES string of the molecule is COc1ccc(Nc2nc(C)cc(Nc3cc(OC)ccc3OC)n2)cc1. The molecule has 140 valence electrons. The van der Waals surface area contributed by atoms with Gasteiger partial charge in [-0.15, -0.1) is 0 Å². The first-order chi connectivity index (χ1) is 13.1. The highest BCUT2D eigenvalue weighted by Crippen LogP contribution is 2.31. The van der Waals surface area contributed by atoms with Crippen molar-refractivity contribution in [1.82, 2.24) is 9.97 Å². The molecule has 0 bridgehead atoms. The van der Waals surface area contributed by atoms with Crippen LogP contribution in [0, 0.1) is 6.92 Å². The Morgan fingerprint density at radius 2 is 1.44 bits per heavy atom. The van der Waals surface area contributed by atoms with Crippen LogP contribution < -0.4 is 24.8 Å². The van der Waals surface area contributed by atoms with Crippen LogP contribution in [0.5, 0.6) is 17.2 Å². The fraction of sp³-hybridized carbons (Fsp3) is 0.200. The van der Waals surface area contributed by atoms with Crippen LogP contribution in [0.25, 0.3) is 0 Å². The third-order valence-corrected chi connectivity index (χ3v) is 3.87. The van der Waals surface area contributed by atoms with Crippen molar-refractivity contribution in [2.24, 2.45) is 0 Å². The van der Waals surface area contributed by atoms with Crippen molar-refractivity contribution in [2.45, 2.75) is 6.92 Å². The Labute approximate surface area is 158 Å². The van der Waals surface area contributed by atoms with E-state index in [2.05, 4.69) is 20.6 Å². The summed E-state index contributed by atoms with van der Waals surface area (Å²) < 4.78 is 15.9. The molecule has 3 rings (SSSR count). The van der Waals surface area contributed by atoms with E-state index in [1.165, 1.54) is 0 Å². The molecule has 0 saturated heterocycles. The quantitative estimate of drug-likeness (QED) is 0.645. The number of methoxy groups -OCH3 is 3. The fourth-order valence-electron chi connectivity index (χ4n) is 2.54. The molecule has 0 aliphatic carbocycles.